The van der Waals surface area contributed by atoms with Crippen molar-refractivity contribution >= 4 is 0 Å². The van der Waals surface area contributed by atoms with E-state index in [9.17, 15) is 0 Å². The van der Waals surface area contributed by atoms with Crippen LogP contribution in [0.5, 0.6) is 0 Å². The van der Waals surface area contributed by atoms with Crippen LogP contribution in [0.4, 0.5) is 0 Å². The minimum Gasteiger partial charge on any atom is -0.314 e. The zero-order valence-electron chi connectivity index (χ0n) is 12.2. The molecule has 1 atom stereocenters. The molecule has 1 rings (SSSR count). The van der Waals surface area contributed by atoms with Gasteiger partial charge < -0.3 is 10.2 Å². The summed E-state index contributed by atoms with van der Waals surface area (Å²) in [5.41, 5.74) is 0. The van der Waals surface area contributed by atoms with E-state index in [-0.39, 0.29) is 0 Å². The summed E-state index contributed by atoms with van der Waals surface area (Å²) in [7, 11) is 0. The van der Waals surface area contributed by atoms with E-state index in [0.29, 0.717) is 0 Å². The highest BCUT2D eigenvalue weighted by Crippen LogP contribution is 2.20. The Morgan fingerprint density at radius 3 is 2.41 bits per heavy atom. The van der Waals surface area contributed by atoms with E-state index >= 15 is 0 Å². The van der Waals surface area contributed by atoms with Crippen molar-refractivity contribution in [2.24, 2.45) is 5.92 Å². The molecule has 1 aliphatic rings. The highest BCUT2D eigenvalue weighted by Gasteiger charge is 2.17. The van der Waals surface area contributed by atoms with Crippen molar-refractivity contribution in [3.63, 3.8) is 0 Å². The molecule has 1 saturated heterocycles. The van der Waals surface area contributed by atoms with Gasteiger partial charge in [0.1, 0.15) is 0 Å². The van der Waals surface area contributed by atoms with Gasteiger partial charge in [-0.05, 0) is 64.2 Å². The van der Waals surface area contributed by atoms with Crippen LogP contribution in [0.3, 0.4) is 0 Å². The molecule has 0 amide bonds. The summed E-state index contributed by atoms with van der Waals surface area (Å²) in [5, 5.41) is 3.57. The largest absolute Gasteiger partial charge is 0.314 e. The first-order valence-electron chi connectivity index (χ1n) is 7.75. The molecule has 1 aliphatic heterocycles. The molecule has 1 heterocycles. The lowest BCUT2D eigenvalue weighted by Crippen LogP contribution is -2.35. The Morgan fingerprint density at radius 1 is 1.18 bits per heavy atom. The first-order chi connectivity index (χ1) is 8.30. The summed E-state index contributed by atoms with van der Waals surface area (Å²) in [5.74, 6) is 1.01. The molecule has 0 radical (unpaired) electrons. The van der Waals surface area contributed by atoms with Crippen molar-refractivity contribution in [1.82, 2.24) is 10.2 Å². The van der Waals surface area contributed by atoms with Crippen molar-refractivity contribution < 1.29 is 0 Å². The van der Waals surface area contributed by atoms with Gasteiger partial charge in [-0.25, -0.2) is 0 Å². The van der Waals surface area contributed by atoms with Crippen molar-refractivity contribution in [3.05, 3.63) is 0 Å². The Hall–Kier alpha value is -0.0800. The molecule has 0 spiro atoms. The van der Waals surface area contributed by atoms with Gasteiger partial charge in [0.05, 0.1) is 0 Å². The predicted octanol–water partition coefficient (Wildman–Crippen LogP) is 3.28. The molecule has 0 aromatic heterocycles. The summed E-state index contributed by atoms with van der Waals surface area (Å²) in [6, 6.07) is 0.744. The quantitative estimate of drug-likeness (QED) is 0.700. The Kier molecular flexibility index (Phi) is 7.87. The number of hydrogen-bond donors (Lipinski definition) is 1. The molecule has 0 aromatic rings. The summed E-state index contributed by atoms with van der Waals surface area (Å²) >= 11 is 0. The van der Waals surface area contributed by atoms with E-state index in [1.54, 1.807) is 0 Å². The van der Waals surface area contributed by atoms with Crippen LogP contribution in [0.25, 0.3) is 0 Å². The predicted molar refractivity (Wildman–Crippen MR) is 76.4 cm³/mol. The molecule has 1 N–H and O–H groups in total. The average Bonchev–Trinajstić information content (AvgIpc) is 2.38. The minimum atomic E-state index is 0.744. The van der Waals surface area contributed by atoms with Gasteiger partial charge in [-0.3, -0.25) is 0 Å². The Balaban J connectivity index is 2.06. The number of rotatable bonds is 8. The molecular formula is C15H32N2. The normalized spacial score (nSPS) is 20.6. The lowest BCUT2D eigenvalue weighted by molar-refractivity contribution is 0.177. The molecule has 2 heteroatoms. The molecule has 1 fully saturated rings. The fraction of sp³-hybridized carbons (Fsp3) is 1.00. The monoisotopic (exact) mass is 240 g/mol. The van der Waals surface area contributed by atoms with Gasteiger partial charge in [-0.15, -0.1) is 0 Å². The summed E-state index contributed by atoms with van der Waals surface area (Å²) in [6.07, 6.45) is 8.22. The van der Waals surface area contributed by atoms with E-state index in [2.05, 4.69) is 31.0 Å². The highest BCUT2D eigenvalue weighted by molar-refractivity contribution is 4.72. The lowest BCUT2D eigenvalue weighted by atomic mass is 9.94. The Morgan fingerprint density at radius 2 is 1.88 bits per heavy atom. The van der Waals surface area contributed by atoms with Crippen LogP contribution >= 0.6 is 0 Å². The topological polar surface area (TPSA) is 15.3 Å². The maximum absolute atomic E-state index is 3.57. The summed E-state index contributed by atoms with van der Waals surface area (Å²) < 4.78 is 0. The van der Waals surface area contributed by atoms with Crippen LogP contribution in [0.1, 0.15) is 59.3 Å². The van der Waals surface area contributed by atoms with Gasteiger partial charge in [0.25, 0.3) is 0 Å². The van der Waals surface area contributed by atoms with Crippen LogP contribution in [-0.2, 0) is 0 Å². The molecule has 17 heavy (non-hydrogen) atoms. The second-order valence-electron chi connectivity index (χ2n) is 5.50. The minimum absolute atomic E-state index is 0.744. The number of hydrogen-bond acceptors (Lipinski definition) is 2. The maximum Gasteiger partial charge on any atom is 0.00647 e. The number of nitrogens with zero attached hydrogens (tertiary/aromatic N) is 1. The number of likely N-dealkylation sites (tertiary alicyclic amines) is 1. The van der Waals surface area contributed by atoms with Gasteiger partial charge in [0, 0.05) is 6.04 Å². The van der Waals surface area contributed by atoms with Crippen molar-refractivity contribution in [2.45, 2.75) is 65.3 Å². The molecule has 0 saturated carbocycles. The van der Waals surface area contributed by atoms with Crippen molar-refractivity contribution in [3.8, 4) is 0 Å². The fourth-order valence-electron chi connectivity index (χ4n) is 2.92. The smallest absolute Gasteiger partial charge is 0.00647 e. The third kappa shape index (κ3) is 5.87. The third-order valence-corrected chi connectivity index (χ3v) is 4.30. The number of piperidine rings is 1. The molecule has 1 unspecified atom stereocenters. The molecule has 0 aromatic carbocycles. The highest BCUT2D eigenvalue weighted by atomic mass is 15.1. The van der Waals surface area contributed by atoms with E-state index in [1.165, 1.54) is 58.2 Å². The van der Waals surface area contributed by atoms with Gasteiger partial charge in [-0.2, -0.15) is 0 Å². The van der Waals surface area contributed by atoms with Crippen LogP contribution in [0, 0.1) is 5.92 Å². The molecule has 0 bridgehead atoms. The first-order valence-corrected chi connectivity index (χ1v) is 7.75. The van der Waals surface area contributed by atoms with Crippen LogP contribution in [0.15, 0.2) is 0 Å². The SMILES string of the molecule is CCNC(CC)CCCN1CCC(CC)CC1. The van der Waals surface area contributed by atoms with Crippen molar-refractivity contribution in [2.75, 3.05) is 26.2 Å². The molecular weight excluding hydrogens is 208 g/mol. The summed E-state index contributed by atoms with van der Waals surface area (Å²) in [4.78, 5) is 2.67. The van der Waals surface area contributed by atoms with Crippen LogP contribution < -0.4 is 5.32 Å². The van der Waals surface area contributed by atoms with Gasteiger partial charge in [-0.1, -0.05) is 27.2 Å². The fourth-order valence-corrected chi connectivity index (χ4v) is 2.92. The van der Waals surface area contributed by atoms with Gasteiger partial charge in [0.15, 0.2) is 0 Å². The molecule has 0 aliphatic carbocycles. The van der Waals surface area contributed by atoms with E-state index in [4.69, 9.17) is 0 Å². The second-order valence-corrected chi connectivity index (χ2v) is 5.50. The average molecular weight is 240 g/mol. The van der Waals surface area contributed by atoms with E-state index < -0.39 is 0 Å². The Bertz CT molecular complexity index is 174. The third-order valence-electron chi connectivity index (χ3n) is 4.30. The van der Waals surface area contributed by atoms with Gasteiger partial charge in [0.2, 0.25) is 0 Å². The van der Waals surface area contributed by atoms with Crippen LogP contribution in [0.2, 0.25) is 0 Å². The first kappa shape index (κ1) is 15.0. The second kappa shape index (κ2) is 8.93. The Labute approximate surface area is 108 Å². The van der Waals surface area contributed by atoms with E-state index in [0.717, 1.165) is 18.5 Å². The standard InChI is InChI=1S/C15H32N2/c1-4-14-9-12-17(13-10-14)11-7-8-15(5-2)16-6-3/h14-16H,4-13H2,1-3H3. The van der Waals surface area contributed by atoms with Crippen LogP contribution in [-0.4, -0.2) is 37.1 Å². The zero-order valence-corrected chi connectivity index (χ0v) is 12.2. The van der Waals surface area contributed by atoms with E-state index in [1.807, 2.05) is 0 Å². The van der Waals surface area contributed by atoms with Crippen molar-refractivity contribution in [1.29, 1.82) is 0 Å². The number of nitrogens with one attached hydrogen (secondary N) is 1. The summed E-state index contributed by atoms with van der Waals surface area (Å²) in [6.45, 7) is 12.0. The maximum atomic E-state index is 3.57. The van der Waals surface area contributed by atoms with Gasteiger partial charge >= 0.3 is 0 Å². The molecule has 102 valence electrons. The zero-order chi connectivity index (χ0) is 12.5. The lowest BCUT2D eigenvalue weighted by Gasteiger charge is -2.31. The molecule has 2 nitrogen and oxygen atoms in total.